The largest absolute Gasteiger partial charge is 0.492 e. The number of nitrogens with zero attached hydrogens (tertiary/aromatic N) is 2. The number of para-hydroxylation sites is 1. The third-order valence-electron chi connectivity index (χ3n) is 4.61. The van der Waals surface area contributed by atoms with Crippen LogP contribution < -0.4 is 4.74 Å². The minimum absolute atomic E-state index is 0.0363. The highest BCUT2D eigenvalue weighted by Gasteiger charge is 2.25. The van der Waals surface area contributed by atoms with E-state index in [1.807, 2.05) is 50.2 Å². The minimum atomic E-state index is -0.0363. The van der Waals surface area contributed by atoms with Crippen LogP contribution in [0.2, 0.25) is 0 Å². The highest BCUT2D eigenvalue weighted by molar-refractivity contribution is 5.94. The van der Waals surface area contributed by atoms with E-state index in [0.717, 1.165) is 17.0 Å². The Bertz CT molecular complexity index is 770. The van der Waals surface area contributed by atoms with E-state index in [1.54, 1.807) is 9.80 Å². The lowest BCUT2D eigenvalue weighted by Crippen LogP contribution is -2.37. The zero-order valence-electron chi connectivity index (χ0n) is 15.3. The molecule has 0 atom stereocenters. The molecule has 1 aliphatic rings. The van der Waals surface area contributed by atoms with Crippen molar-refractivity contribution in [3.05, 3.63) is 53.3 Å². The number of benzene rings is 1. The number of H-pyrrole nitrogens is 1. The van der Waals surface area contributed by atoms with Gasteiger partial charge in [0, 0.05) is 31.7 Å². The third-order valence-corrected chi connectivity index (χ3v) is 4.61. The van der Waals surface area contributed by atoms with Gasteiger partial charge in [-0.1, -0.05) is 18.2 Å². The van der Waals surface area contributed by atoms with Crippen LogP contribution in [0.5, 0.6) is 5.75 Å². The Hall–Kier alpha value is -2.76. The molecule has 26 heavy (non-hydrogen) atoms. The van der Waals surface area contributed by atoms with E-state index in [1.165, 1.54) is 0 Å². The quantitative estimate of drug-likeness (QED) is 0.896. The Labute approximate surface area is 153 Å². The van der Waals surface area contributed by atoms with Gasteiger partial charge in [-0.2, -0.15) is 0 Å². The standard InChI is InChI=1S/C20H25N3O3/c1-15-14-16(2)21-19(15)20(25)23-9-8-18(24)22(10-11-23)12-13-26-17-6-4-3-5-7-17/h3-7,14,21H,8-13H2,1-2H3. The first kappa shape index (κ1) is 18.0. The molecular weight excluding hydrogens is 330 g/mol. The van der Waals surface area contributed by atoms with Gasteiger partial charge in [0.15, 0.2) is 0 Å². The van der Waals surface area contributed by atoms with Crippen molar-refractivity contribution in [2.75, 3.05) is 32.8 Å². The van der Waals surface area contributed by atoms with Crippen LogP contribution in [0, 0.1) is 13.8 Å². The second-order valence-electron chi connectivity index (χ2n) is 6.59. The fourth-order valence-electron chi connectivity index (χ4n) is 3.21. The van der Waals surface area contributed by atoms with Gasteiger partial charge in [-0.05, 0) is 37.6 Å². The normalized spacial score (nSPS) is 15.1. The van der Waals surface area contributed by atoms with Crippen LogP contribution in [0.3, 0.4) is 0 Å². The number of nitrogens with one attached hydrogen (secondary N) is 1. The van der Waals surface area contributed by atoms with E-state index < -0.39 is 0 Å². The maximum Gasteiger partial charge on any atom is 0.270 e. The molecule has 0 spiro atoms. The average Bonchev–Trinajstić information content (AvgIpc) is 2.86. The Morgan fingerprint density at radius 2 is 1.92 bits per heavy atom. The lowest BCUT2D eigenvalue weighted by atomic mass is 10.2. The number of ether oxygens (including phenoxy) is 1. The molecule has 0 saturated carbocycles. The summed E-state index contributed by atoms with van der Waals surface area (Å²) >= 11 is 0. The molecule has 0 bridgehead atoms. The molecule has 0 unspecified atom stereocenters. The van der Waals surface area contributed by atoms with Crippen molar-refractivity contribution in [2.45, 2.75) is 20.3 Å². The second-order valence-corrected chi connectivity index (χ2v) is 6.59. The Morgan fingerprint density at radius 3 is 2.62 bits per heavy atom. The van der Waals surface area contributed by atoms with E-state index in [9.17, 15) is 9.59 Å². The number of aryl methyl sites for hydroxylation is 2. The van der Waals surface area contributed by atoms with Crippen LogP contribution in [-0.2, 0) is 4.79 Å². The summed E-state index contributed by atoms with van der Waals surface area (Å²) in [6, 6.07) is 11.5. The summed E-state index contributed by atoms with van der Waals surface area (Å²) < 4.78 is 5.68. The summed E-state index contributed by atoms with van der Waals surface area (Å²) in [5.74, 6) is 0.825. The van der Waals surface area contributed by atoms with Gasteiger partial charge in [0.2, 0.25) is 5.91 Å². The number of hydrogen-bond donors (Lipinski definition) is 1. The fraction of sp³-hybridized carbons (Fsp3) is 0.400. The number of aromatic nitrogens is 1. The molecule has 2 heterocycles. The number of rotatable bonds is 5. The van der Waals surface area contributed by atoms with Crippen LogP contribution in [0.25, 0.3) is 0 Å². The smallest absolute Gasteiger partial charge is 0.270 e. The van der Waals surface area contributed by atoms with Crippen molar-refractivity contribution in [2.24, 2.45) is 0 Å². The Balaban J connectivity index is 1.55. The molecular formula is C20H25N3O3. The number of carbonyl (C=O) groups is 2. The molecule has 1 aromatic heterocycles. The van der Waals surface area contributed by atoms with Gasteiger partial charge in [-0.15, -0.1) is 0 Å². The van der Waals surface area contributed by atoms with Crippen molar-refractivity contribution in [3.63, 3.8) is 0 Å². The minimum Gasteiger partial charge on any atom is -0.492 e. The molecule has 138 valence electrons. The highest BCUT2D eigenvalue weighted by Crippen LogP contribution is 2.14. The fourth-order valence-corrected chi connectivity index (χ4v) is 3.21. The predicted molar refractivity (Wildman–Crippen MR) is 99.3 cm³/mol. The van der Waals surface area contributed by atoms with Gasteiger partial charge in [-0.25, -0.2) is 0 Å². The average molecular weight is 355 g/mol. The zero-order valence-corrected chi connectivity index (χ0v) is 15.3. The molecule has 2 amide bonds. The molecule has 1 fully saturated rings. The van der Waals surface area contributed by atoms with Gasteiger partial charge in [0.1, 0.15) is 18.1 Å². The molecule has 3 rings (SSSR count). The van der Waals surface area contributed by atoms with Crippen LogP contribution in [0.4, 0.5) is 0 Å². The van der Waals surface area contributed by atoms with Gasteiger partial charge in [0.25, 0.3) is 5.91 Å². The van der Waals surface area contributed by atoms with E-state index in [-0.39, 0.29) is 11.8 Å². The van der Waals surface area contributed by atoms with E-state index in [2.05, 4.69) is 4.98 Å². The van der Waals surface area contributed by atoms with Crippen molar-refractivity contribution < 1.29 is 14.3 Å². The lowest BCUT2D eigenvalue weighted by molar-refractivity contribution is -0.130. The first-order valence-electron chi connectivity index (χ1n) is 8.95. The summed E-state index contributed by atoms with van der Waals surface area (Å²) in [4.78, 5) is 31.8. The number of amides is 2. The first-order valence-corrected chi connectivity index (χ1v) is 8.95. The highest BCUT2D eigenvalue weighted by atomic mass is 16.5. The van der Waals surface area contributed by atoms with Crippen LogP contribution in [0.15, 0.2) is 36.4 Å². The first-order chi connectivity index (χ1) is 12.5. The van der Waals surface area contributed by atoms with Gasteiger partial charge >= 0.3 is 0 Å². The number of aromatic amines is 1. The molecule has 2 aromatic rings. The summed E-state index contributed by atoms with van der Waals surface area (Å²) in [5, 5.41) is 0. The topological polar surface area (TPSA) is 65.6 Å². The van der Waals surface area contributed by atoms with Crippen LogP contribution in [-0.4, -0.2) is 59.4 Å². The summed E-state index contributed by atoms with van der Waals surface area (Å²) in [7, 11) is 0. The monoisotopic (exact) mass is 355 g/mol. The number of carbonyl (C=O) groups excluding carboxylic acids is 2. The van der Waals surface area contributed by atoms with Gasteiger partial charge < -0.3 is 19.5 Å². The van der Waals surface area contributed by atoms with Crippen molar-refractivity contribution in [3.8, 4) is 5.75 Å². The summed E-state index contributed by atoms with van der Waals surface area (Å²) in [6.07, 6.45) is 0.343. The van der Waals surface area contributed by atoms with Crippen LogP contribution in [0.1, 0.15) is 28.2 Å². The van der Waals surface area contributed by atoms with Gasteiger partial charge in [0.05, 0.1) is 6.54 Å². The van der Waals surface area contributed by atoms with Gasteiger partial charge in [-0.3, -0.25) is 9.59 Å². The summed E-state index contributed by atoms with van der Waals surface area (Å²) in [5.41, 5.74) is 2.53. The third kappa shape index (κ3) is 4.25. The van der Waals surface area contributed by atoms with Crippen molar-refractivity contribution in [1.82, 2.24) is 14.8 Å². The molecule has 1 N–H and O–H groups in total. The zero-order chi connectivity index (χ0) is 18.5. The maximum atomic E-state index is 12.7. The van der Waals surface area contributed by atoms with Crippen molar-refractivity contribution >= 4 is 11.8 Å². The Morgan fingerprint density at radius 1 is 1.15 bits per heavy atom. The van der Waals surface area contributed by atoms with E-state index >= 15 is 0 Å². The van der Waals surface area contributed by atoms with Crippen LogP contribution >= 0.6 is 0 Å². The second kappa shape index (κ2) is 8.08. The Kier molecular flexibility index (Phi) is 5.61. The SMILES string of the molecule is Cc1cc(C)c(C(=O)N2CCC(=O)N(CCOc3ccccc3)CC2)[nH]1. The van der Waals surface area contributed by atoms with E-state index in [4.69, 9.17) is 4.74 Å². The molecule has 1 aromatic carbocycles. The molecule has 6 nitrogen and oxygen atoms in total. The molecule has 0 aliphatic carbocycles. The molecule has 1 saturated heterocycles. The molecule has 6 heteroatoms. The maximum absolute atomic E-state index is 12.7. The lowest BCUT2D eigenvalue weighted by Gasteiger charge is -2.22. The van der Waals surface area contributed by atoms with E-state index in [0.29, 0.717) is 44.9 Å². The predicted octanol–water partition coefficient (Wildman–Crippen LogP) is 2.39. The molecule has 1 aliphatic heterocycles. The number of hydrogen-bond acceptors (Lipinski definition) is 3. The summed E-state index contributed by atoms with van der Waals surface area (Å²) in [6.45, 7) is 6.34. The molecule has 0 radical (unpaired) electrons. The van der Waals surface area contributed by atoms with Crippen molar-refractivity contribution in [1.29, 1.82) is 0 Å².